The first-order valence-corrected chi connectivity index (χ1v) is 11.1. The molecule has 1 unspecified atom stereocenters. The number of ether oxygens (including phenoxy) is 1. The smallest absolute Gasteiger partial charge is 0.255 e. The van der Waals surface area contributed by atoms with Crippen molar-refractivity contribution >= 4 is 17.5 Å². The van der Waals surface area contributed by atoms with Crippen molar-refractivity contribution in [2.24, 2.45) is 0 Å². The number of H-pyrrole nitrogens is 1. The number of carbonyl (C=O) groups is 2. The van der Waals surface area contributed by atoms with Crippen molar-refractivity contribution in [3.05, 3.63) is 93.9 Å². The fraction of sp³-hybridized carbons (Fsp3) is 0.296. The normalized spacial score (nSPS) is 12.0. The van der Waals surface area contributed by atoms with Gasteiger partial charge in [0, 0.05) is 25.0 Å². The van der Waals surface area contributed by atoms with Gasteiger partial charge in [-0.15, -0.1) is 0 Å². The first kappa shape index (κ1) is 24.8. The molecular weight excluding hydrogens is 430 g/mol. The van der Waals surface area contributed by atoms with Crippen LogP contribution in [0.1, 0.15) is 54.7 Å². The summed E-state index contributed by atoms with van der Waals surface area (Å²) in [7, 11) is 3.23. The number of nitrogens with zero attached hydrogens (tertiary/aromatic N) is 1. The van der Waals surface area contributed by atoms with Gasteiger partial charge in [-0.1, -0.05) is 45.0 Å². The van der Waals surface area contributed by atoms with Crippen molar-refractivity contribution in [3.8, 4) is 5.75 Å². The number of hydrogen-bond acceptors (Lipinski definition) is 4. The lowest BCUT2D eigenvalue weighted by Gasteiger charge is -2.28. The number of aromatic amines is 1. The summed E-state index contributed by atoms with van der Waals surface area (Å²) in [6, 6.07) is 17.3. The van der Waals surface area contributed by atoms with Gasteiger partial charge in [-0.3, -0.25) is 14.4 Å². The highest BCUT2D eigenvalue weighted by molar-refractivity contribution is 5.95. The summed E-state index contributed by atoms with van der Waals surface area (Å²) in [6.45, 7) is 6.40. The average Bonchev–Trinajstić information content (AvgIpc) is 2.82. The topological polar surface area (TPSA) is 91.5 Å². The molecule has 0 fully saturated rings. The van der Waals surface area contributed by atoms with E-state index in [1.54, 1.807) is 26.3 Å². The highest BCUT2D eigenvalue weighted by Crippen LogP contribution is 2.28. The minimum absolute atomic E-state index is 0.0206. The molecule has 0 aliphatic carbocycles. The molecule has 1 heterocycles. The highest BCUT2D eigenvalue weighted by atomic mass is 16.5. The fourth-order valence-electron chi connectivity index (χ4n) is 3.63. The maximum Gasteiger partial charge on any atom is 0.255 e. The Morgan fingerprint density at radius 1 is 1.00 bits per heavy atom. The molecule has 0 aliphatic rings. The SMILES string of the molecule is COc1ccc(C(CC(=O)Nc2ccc(C(C)(C)C)cc2)N(C)C(=O)c2ccc(=O)[nH]c2)cc1. The van der Waals surface area contributed by atoms with Crippen LogP contribution in [-0.2, 0) is 10.2 Å². The Kier molecular flexibility index (Phi) is 7.56. The maximum atomic E-state index is 13.1. The molecule has 0 aliphatic heterocycles. The van der Waals surface area contributed by atoms with Crippen molar-refractivity contribution in [2.45, 2.75) is 38.6 Å². The molecule has 2 amide bonds. The summed E-state index contributed by atoms with van der Waals surface area (Å²) < 4.78 is 5.24. The molecule has 178 valence electrons. The minimum atomic E-state index is -0.529. The van der Waals surface area contributed by atoms with Gasteiger partial charge in [0.15, 0.2) is 0 Å². The van der Waals surface area contributed by atoms with Gasteiger partial charge < -0.3 is 19.9 Å². The standard InChI is InChI=1S/C27H31N3O4/c1-27(2,3)20-9-11-21(12-10-20)29-25(32)16-23(18-6-13-22(34-5)14-7-18)30(4)26(33)19-8-15-24(31)28-17-19/h6-15,17,23H,16H2,1-5H3,(H,28,31)(H,29,32). The van der Waals surface area contributed by atoms with Gasteiger partial charge in [0.25, 0.3) is 5.91 Å². The second-order valence-corrected chi connectivity index (χ2v) is 9.23. The van der Waals surface area contributed by atoms with Gasteiger partial charge in [-0.05, 0) is 46.9 Å². The van der Waals surface area contributed by atoms with E-state index in [-0.39, 0.29) is 29.2 Å². The van der Waals surface area contributed by atoms with E-state index in [4.69, 9.17) is 4.74 Å². The van der Waals surface area contributed by atoms with Crippen molar-refractivity contribution < 1.29 is 14.3 Å². The predicted octanol–water partition coefficient (Wildman–Crippen LogP) is 4.52. The van der Waals surface area contributed by atoms with Crippen LogP contribution in [0.4, 0.5) is 5.69 Å². The average molecular weight is 462 g/mol. The Hall–Kier alpha value is -3.87. The zero-order chi connectivity index (χ0) is 24.9. The summed E-state index contributed by atoms with van der Waals surface area (Å²) >= 11 is 0. The van der Waals surface area contributed by atoms with Crippen molar-refractivity contribution in [1.82, 2.24) is 9.88 Å². The Labute approximate surface area is 199 Å². The number of methoxy groups -OCH3 is 1. The molecule has 3 aromatic rings. The van der Waals surface area contributed by atoms with E-state index >= 15 is 0 Å². The number of benzene rings is 2. The molecule has 7 heteroatoms. The number of carbonyl (C=O) groups excluding carboxylic acids is 2. The number of pyridine rings is 1. The molecule has 0 spiro atoms. The van der Waals surface area contributed by atoms with Crippen LogP contribution in [0.5, 0.6) is 5.75 Å². The number of rotatable bonds is 7. The van der Waals surface area contributed by atoms with Gasteiger partial charge in [-0.2, -0.15) is 0 Å². The maximum absolute atomic E-state index is 13.1. The first-order chi connectivity index (χ1) is 16.1. The van der Waals surface area contributed by atoms with E-state index in [2.05, 4.69) is 31.1 Å². The first-order valence-electron chi connectivity index (χ1n) is 11.1. The van der Waals surface area contributed by atoms with E-state index in [9.17, 15) is 14.4 Å². The zero-order valence-corrected chi connectivity index (χ0v) is 20.2. The lowest BCUT2D eigenvalue weighted by atomic mass is 9.87. The van der Waals surface area contributed by atoms with Crippen LogP contribution < -0.4 is 15.6 Å². The number of amides is 2. The lowest BCUT2D eigenvalue weighted by molar-refractivity contribution is -0.117. The number of nitrogens with one attached hydrogen (secondary N) is 2. The van der Waals surface area contributed by atoms with Gasteiger partial charge in [0.05, 0.1) is 25.1 Å². The van der Waals surface area contributed by atoms with Crippen LogP contribution in [0.15, 0.2) is 71.7 Å². The molecule has 2 aromatic carbocycles. The second-order valence-electron chi connectivity index (χ2n) is 9.23. The Balaban J connectivity index is 1.82. The third-order valence-electron chi connectivity index (χ3n) is 5.73. The molecule has 7 nitrogen and oxygen atoms in total. The summed E-state index contributed by atoms with van der Waals surface area (Å²) in [4.78, 5) is 41.5. The second kappa shape index (κ2) is 10.4. The van der Waals surface area contributed by atoms with Crippen LogP contribution in [0.2, 0.25) is 0 Å². The molecule has 0 saturated heterocycles. The predicted molar refractivity (Wildman–Crippen MR) is 133 cm³/mol. The molecule has 3 rings (SSSR count). The number of anilines is 1. The van der Waals surface area contributed by atoms with Gasteiger partial charge >= 0.3 is 0 Å². The van der Waals surface area contributed by atoms with E-state index in [0.717, 1.165) is 5.56 Å². The largest absolute Gasteiger partial charge is 0.497 e. The third kappa shape index (κ3) is 6.13. The van der Waals surface area contributed by atoms with Crippen LogP contribution >= 0.6 is 0 Å². The number of hydrogen-bond donors (Lipinski definition) is 2. The molecule has 1 aromatic heterocycles. The lowest BCUT2D eigenvalue weighted by Crippen LogP contribution is -2.34. The minimum Gasteiger partial charge on any atom is -0.497 e. The highest BCUT2D eigenvalue weighted by Gasteiger charge is 2.26. The summed E-state index contributed by atoms with van der Waals surface area (Å²) in [6.07, 6.45) is 1.43. The van der Waals surface area contributed by atoms with E-state index in [1.807, 2.05) is 36.4 Å². The van der Waals surface area contributed by atoms with Crippen molar-refractivity contribution in [2.75, 3.05) is 19.5 Å². The molecule has 34 heavy (non-hydrogen) atoms. The van der Waals surface area contributed by atoms with Crippen LogP contribution in [0.25, 0.3) is 0 Å². The van der Waals surface area contributed by atoms with E-state index < -0.39 is 6.04 Å². The Morgan fingerprint density at radius 3 is 2.18 bits per heavy atom. The quantitative estimate of drug-likeness (QED) is 0.541. The van der Waals surface area contributed by atoms with Crippen LogP contribution in [0.3, 0.4) is 0 Å². The molecule has 0 radical (unpaired) electrons. The summed E-state index contributed by atoms with van der Waals surface area (Å²) in [5.41, 5.74) is 2.72. The Morgan fingerprint density at radius 2 is 1.65 bits per heavy atom. The fourth-order valence-corrected chi connectivity index (χ4v) is 3.63. The zero-order valence-electron chi connectivity index (χ0n) is 20.2. The van der Waals surface area contributed by atoms with Crippen LogP contribution in [0, 0.1) is 0 Å². The van der Waals surface area contributed by atoms with E-state index in [0.29, 0.717) is 17.0 Å². The molecule has 0 bridgehead atoms. The van der Waals surface area contributed by atoms with Crippen molar-refractivity contribution in [3.63, 3.8) is 0 Å². The third-order valence-corrected chi connectivity index (χ3v) is 5.73. The van der Waals surface area contributed by atoms with Crippen LogP contribution in [-0.4, -0.2) is 35.9 Å². The molecule has 1 atom stereocenters. The van der Waals surface area contributed by atoms with Crippen molar-refractivity contribution in [1.29, 1.82) is 0 Å². The van der Waals surface area contributed by atoms with E-state index in [1.165, 1.54) is 28.8 Å². The monoisotopic (exact) mass is 461 g/mol. The Bertz CT molecular complexity index is 1170. The number of aromatic nitrogens is 1. The summed E-state index contributed by atoms with van der Waals surface area (Å²) in [5, 5.41) is 2.94. The van der Waals surface area contributed by atoms with Gasteiger partial charge in [0.2, 0.25) is 11.5 Å². The molecule has 0 saturated carbocycles. The van der Waals surface area contributed by atoms with Gasteiger partial charge in [0.1, 0.15) is 5.75 Å². The summed E-state index contributed by atoms with van der Waals surface area (Å²) in [5.74, 6) is 0.158. The molecular formula is C27H31N3O4. The van der Waals surface area contributed by atoms with Gasteiger partial charge in [-0.25, -0.2) is 0 Å². The molecule has 2 N–H and O–H groups in total.